The fourth-order valence-corrected chi connectivity index (χ4v) is 7.51. The van der Waals surface area contributed by atoms with E-state index in [1.54, 1.807) is 11.1 Å². The molecule has 1 spiro atoms. The molecule has 1 aromatic carbocycles. The summed E-state index contributed by atoms with van der Waals surface area (Å²) in [5.74, 6) is 1.40. The van der Waals surface area contributed by atoms with Gasteiger partial charge in [0.05, 0.1) is 13.2 Å². The number of ketones is 1. The lowest BCUT2D eigenvalue weighted by Crippen LogP contribution is -2.44. The predicted octanol–water partition coefficient (Wildman–Crippen LogP) is 6.09. The molecule has 1 aliphatic heterocycles. The molecular formula is C26H29BrO3. The van der Waals surface area contributed by atoms with Crippen molar-refractivity contribution >= 4 is 21.7 Å². The molecule has 158 valence electrons. The predicted molar refractivity (Wildman–Crippen MR) is 119 cm³/mol. The van der Waals surface area contributed by atoms with Gasteiger partial charge in [0.25, 0.3) is 0 Å². The van der Waals surface area contributed by atoms with Gasteiger partial charge in [0.15, 0.2) is 5.79 Å². The summed E-state index contributed by atoms with van der Waals surface area (Å²) in [6, 6.07) is 8.81. The minimum absolute atomic E-state index is 0.165. The second-order valence-corrected chi connectivity index (χ2v) is 11.0. The third-order valence-electron chi connectivity index (χ3n) is 8.65. The zero-order valence-electron chi connectivity index (χ0n) is 17.6. The molecule has 2 saturated carbocycles. The fourth-order valence-electron chi connectivity index (χ4n) is 7.25. The SMILES string of the molecule is CC12CC(c3ccc(Br)cc3)C3=C4CCC5(C=C4CCC3C1CCC2=O)OCCO5. The summed E-state index contributed by atoms with van der Waals surface area (Å²) in [7, 11) is 0. The van der Waals surface area contributed by atoms with E-state index in [1.165, 1.54) is 11.1 Å². The van der Waals surface area contributed by atoms with Crippen LogP contribution in [0.15, 0.2) is 51.5 Å². The molecule has 1 saturated heterocycles. The Morgan fingerprint density at radius 1 is 1.03 bits per heavy atom. The minimum atomic E-state index is -0.480. The first kappa shape index (κ1) is 19.5. The lowest BCUT2D eigenvalue weighted by Gasteiger charge is -2.50. The van der Waals surface area contributed by atoms with Crippen LogP contribution in [0.1, 0.15) is 63.4 Å². The van der Waals surface area contributed by atoms with Gasteiger partial charge in [-0.05, 0) is 78.9 Å². The van der Waals surface area contributed by atoms with E-state index in [0.717, 1.165) is 49.4 Å². The average Bonchev–Trinajstić information content (AvgIpc) is 3.32. The van der Waals surface area contributed by atoms with E-state index >= 15 is 0 Å². The molecule has 1 heterocycles. The number of Topliss-reactive ketones (excluding diaryl/α,β-unsaturated/α-hetero) is 1. The molecule has 0 radical (unpaired) electrons. The maximum absolute atomic E-state index is 13.0. The summed E-state index contributed by atoms with van der Waals surface area (Å²) in [6.07, 6.45) is 9.28. The van der Waals surface area contributed by atoms with Gasteiger partial charge in [-0.1, -0.05) is 40.6 Å². The van der Waals surface area contributed by atoms with E-state index < -0.39 is 5.79 Å². The fraction of sp³-hybridized carbons (Fsp3) is 0.577. The Morgan fingerprint density at radius 3 is 2.57 bits per heavy atom. The number of halogens is 1. The van der Waals surface area contributed by atoms with Crippen molar-refractivity contribution < 1.29 is 14.3 Å². The zero-order valence-corrected chi connectivity index (χ0v) is 19.2. The number of carbonyl (C=O) groups is 1. The maximum Gasteiger partial charge on any atom is 0.188 e. The first-order valence-electron chi connectivity index (χ1n) is 11.5. The van der Waals surface area contributed by atoms with Gasteiger partial charge < -0.3 is 9.47 Å². The van der Waals surface area contributed by atoms with Crippen molar-refractivity contribution in [2.45, 2.75) is 63.6 Å². The molecular weight excluding hydrogens is 440 g/mol. The second-order valence-electron chi connectivity index (χ2n) is 10.1. The van der Waals surface area contributed by atoms with Crippen LogP contribution in [0.3, 0.4) is 0 Å². The Labute approximate surface area is 187 Å². The highest BCUT2D eigenvalue weighted by Crippen LogP contribution is 2.63. The smallest absolute Gasteiger partial charge is 0.188 e. The zero-order chi connectivity index (χ0) is 20.5. The van der Waals surface area contributed by atoms with E-state index in [0.29, 0.717) is 36.8 Å². The molecule has 3 fully saturated rings. The van der Waals surface area contributed by atoms with Crippen LogP contribution in [0.4, 0.5) is 0 Å². The van der Waals surface area contributed by atoms with E-state index in [2.05, 4.69) is 53.2 Å². The van der Waals surface area contributed by atoms with Crippen LogP contribution < -0.4 is 0 Å². The first-order chi connectivity index (χ1) is 14.5. The van der Waals surface area contributed by atoms with Crippen molar-refractivity contribution in [2.75, 3.05) is 13.2 Å². The molecule has 1 aromatic rings. The van der Waals surface area contributed by atoms with E-state index in [9.17, 15) is 4.79 Å². The number of benzene rings is 1. The highest BCUT2D eigenvalue weighted by molar-refractivity contribution is 9.10. The Morgan fingerprint density at radius 2 is 1.80 bits per heavy atom. The molecule has 0 amide bonds. The van der Waals surface area contributed by atoms with Crippen LogP contribution in [0.5, 0.6) is 0 Å². The third-order valence-corrected chi connectivity index (χ3v) is 9.18. The monoisotopic (exact) mass is 468 g/mol. The topological polar surface area (TPSA) is 35.5 Å². The quantitative estimate of drug-likeness (QED) is 0.499. The number of fused-ring (bicyclic) bond motifs is 4. The van der Waals surface area contributed by atoms with Gasteiger partial charge >= 0.3 is 0 Å². The van der Waals surface area contributed by atoms with Crippen molar-refractivity contribution in [2.24, 2.45) is 17.3 Å². The molecule has 0 aromatic heterocycles. The van der Waals surface area contributed by atoms with Crippen molar-refractivity contribution in [1.82, 2.24) is 0 Å². The molecule has 0 N–H and O–H groups in total. The highest BCUT2D eigenvalue weighted by atomic mass is 79.9. The van der Waals surface area contributed by atoms with Gasteiger partial charge in [0, 0.05) is 28.6 Å². The summed E-state index contributed by atoms with van der Waals surface area (Å²) >= 11 is 3.59. The molecule has 4 heteroatoms. The van der Waals surface area contributed by atoms with Crippen molar-refractivity contribution in [3.63, 3.8) is 0 Å². The van der Waals surface area contributed by atoms with Gasteiger partial charge in [-0.3, -0.25) is 4.79 Å². The Kier molecular flexibility index (Phi) is 4.46. The number of hydrogen-bond donors (Lipinski definition) is 0. The highest BCUT2D eigenvalue weighted by Gasteiger charge is 2.56. The summed E-state index contributed by atoms with van der Waals surface area (Å²) in [5, 5.41) is 0. The minimum Gasteiger partial charge on any atom is -0.344 e. The van der Waals surface area contributed by atoms with Crippen LogP contribution >= 0.6 is 15.9 Å². The second kappa shape index (κ2) is 6.88. The molecule has 3 nitrogen and oxygen atoms in total. The molecule has 4 atom stereocenters. The number of carbonyl (C=O) groups excluding carboxylic acids is 1. The standard InChI is InChI=1S/C26H29BrO3/c1-25-15-21(16-2-5-18(27)6-3-16)24-19-10-11-26(29-12-13-30-26)14-17(19)4-7-20(24)22(25)8-9-23(25)28/h2-3,5-6,14,20-22H,4,7-13,15H2,1H3. The van der Waals surface area contributed by atoms with Crippen LogP contribution in [-0.4, -0.2) is 24.8 Å². The maximum atomic E-state index is 13.0. The third kappa shape index (κ3) is 2.79. The van der Waals surface area contributed by atoms with E-state index in [4.69, 9.17) is 9.47 Å². The van der Waals surface area contributed by atoms with Crippen LogP contribution in [0.25, 0.3) is 0 Å². The van der Waals surface area contributed by atoms with Crippen molar-refractivity contribution in [3.8, 4) is 0 Å². The van der Waals surface area contributed by atoms with Crippen molar-refractivity contribution in [3.05, 3.63) is 57.1 Å². The molecule has 30 heavy (non-hydrogen) atoms. The van der Waals surface area contributed by atoms with Crippen LogP contribution in [0, 0.1) is 17.3 Å². The molecule has 4 aliphatic carbocycles. The Hall–Kier alpha value is -1.23. The van der Waals surface area contributed by atoms with Gasteiger partial charge in [0.2, 0.25) is 0 Å². The molecule has 0 bridgehead atoms. The Balaban J connectivity index is 1.50. The van der Waals surface area contributed by atoms with Crippen LogP contribution in [-0.2, 0) is 14.3 Å². The number of ether oxygens (including phenoxy) is 2. The lowest BCUT2D eigenvalue weighted by molar-refractivity contribution is -0.128. The van der Waals surface area contributed by atoms with E-state index in [1.807, 2.05) is 0 Å². The van der Waals surface area contributed by atoms with Crippen LogP contribution in [0.2, 0.25) is 0 Å². The molecule has 4 unspecified atom stereocenters. The first-order valence-corrected chi connectivity index (χ1v) is 12.3. The normalized spacial score (nSPS) is 37.1. The lowest BCUT2D eigenvalue weighted by atomic mass is 9.53. The molecule has 6 rings (SSSR count). The number of hydrogen-bond acceptors (Lipinski definition) is 3. The van der Waals surface area contributed by atoms with E-state index in [-0.39, 0.29) is 5.41 Å². The van der Waals surface area contributed by atoms with Gasteiger partial charge in [-0.15, -0.1) is 0 Å². The largest absolute Gasteiger partial charge is 0.344 e. The number of rotatable bonds is 1. The van der Waals surface area contributed by atoms with Crippen molar-refractivity contribution in [1.29, 1.82) is 0 Å². The average molecular weight is 469 g/mol. The summed E-state index contributed by atoms with van der Waals surface area (Å²) < 4.78 is 13.1. The molecule has 5 aliphatic rings. The van der Waals surface area contributed by atoms with Gasteiger partial charge in [0.1, 0.15) is 5.78 Å². The van der Waals surface area contributed by atoms with Gasteiger partial charge in [-0.25, -0.2) is 0 Å². The Bertz CT molecular complexity index is 953. The number of allylic oxidation sites excluding steroid dienone is 3. The summed E-state index contributed by atoms with van der Waals surface area (Å²) in [6.45, 7) is 3.66. The summed E-state index contributed by atoms with van der Waals surface area (Å²) in [4.78, 5) is 13.0. The summed E-state index contributed by atoms with van der Waals surface area (Å²) in [5.41, 5.74) is 5.84. The van der Waals surface area contributed by atoms with Gasteiger partial charge in [-0.2, -0.15) is 0 Å².